The van der Waals surface area contributed by atoms with E-state index in [4.69, 9.17) is 18.2 Å². The van der Waals surface area contributed by atoms with Crippen LogP contribution in [-0.2, 0) is 11.0 Å². The molecule has 0 aromatic heterocycles. The summed E-state index contributed by atoms with van der Waals surface area (Å²) in [6.45, 7) is 11.5. The van der Waals surface area contributed by atoms with Crippen molar-refractivity contribution in [3.05, 3.63) is 46.3 Å². The number of nitrogens with zero attached hydrogens (tertiary/aromatic N) is 1. The zero-order valence-electron chi connectivity index (χ0n) is 9.73. The highest BCUT2D eigenvalue weighted by Crippen LogP contribution is 2.41. The first kappa shape index (κ1) is 15.1. The number of rotatable bonds is 2. The Morgan fingerprint density at radius 2 is 2.05 bits per heavy atom. The lowest BCUT2D eigenvalue weighted by Crippen LogP contribution is -2.13. The van der Waals surface area contributed by atoms with Gasteiger partial charge in [-0.1, -0.05) is 18.2 Å². The van der Waals surface area contributed by atoms with Gasteiger partial charge in [0.15, 0.2) is 0 Å². The number of alkyl halides is 3. The summed E-state index contributed by atoms with van der Waals surface area (Å²) < 4.78 is 38.2. The number of carbonyl (C=O) groups is 1. The van der Waals surface area contributed by atoms with E-state index < -0.39 is 23.3 Å². The van der Waals surface area contributed by atoms with Gasteiger partial charge in [0.25, 0.3) is 5.91 Å². The van der Waals surface area contributed by atoms with E-state index in [9.17, 15) is 18.0 Å². The lowest BCUT2D eigenvalue weighted by Gasteiger charge is -2.13. The van der Waals surface area contributed by atoms with Crippen LogP contribution in [0.5, 0.6) is 0 Å². The van der Waals surface area contributed by atoms with Crippen molar-refractivity contribution < 1.29 is 18.0 Å². The molecule has 1 amide bonds. The van der Waals surface area contributed by atoms with E-state index in [2.05, 4.69) is 16.7 Å². The molecule has 0 aliphatic heterocycles. The predicted molar refractivity (Wildman–Crippen MR) is 66.2 cm³/mol. The average Bonchev–Trinajstić information content (AvgIpc) is 2.29. The minimum absolute atomic E-state index is 0.124. The molecule has 1 aromatic carbocycles. The number of hydrogen-bond acceptors (Lipinski definition) is 1. The molecule has 1 N–H and O–H groups in total. The van der Waals surface area contributed by atoms with Crippen LogP contribution in [0.4, 0.5) is 24.5 Å². The van der Waals surface area contributed by atoms with Crippen LogP contribution in [0.2, 0.25) is 5.02 Å². The van der Waals surface area contributed by atoms with Crippen LogP contribution in [0.3, 0.4) is 0 Å². The second kappa shape index (κ2) is 5.33. The minimum Gasteiger partial charge on any atom is -0.321 e. The molecule has 0 bridgehead atoms. The summed E-state index contributed by atoms with van der Waals surface area (Å²) in [6, 6.07) is 1.50. The van der Waals surface area contributed by atoms with Gasteiger partial charge in [0, 0.05) is 5.57 Å². The summed E-state index contributed by atoms with van der Waals surface area (Å²) >= 11 is 5.72. The smallest absolute Gasteiger partial charge is 0.321 e. The number of amides is 1. The Morgan fingerprint density at radius 1 is 1.47 bits per heavy atom. The Labute approximate surface area is 112 Å². The monoisotopic (exact) mass is 288 g/mol. The summed E-state index contributed by atoms with van der Waals surface area (Å²) in [6.07, 6.45) is -4.70. The van der Waals surface area contributed by atoms with Crippen molar-refractivity contribution in [3.8, 4) is 0 Å². The van der Waals surface area contributed by atoms with Crippen molar-refractivity contribution in [3.63, 3.8) is 0 Å². The molecule has 100 valence electrons. The highest BCUT2D eigenvalue weighted by Gasteiger charge is 2.34. The summed E-state index contributed by atoms with van der Waals surface area (Å²) in [5, 5.41) is 2.06. The van der Waals surface area contributed by atoms with Crippen LogP contribution in [0.25, 0.3) is 4.85 Å². The molecule has 3 nitrogen and oxygen atoms in total. The van der Waals surface area contributed by atoms with E-state index in [-0.39, 0.29) is 16.3 Å². The van der Waals surface area contributed by atoms with Gasteiger partial charge in [-0.25, -0.2) is 4.85 Å². The molecular weight excluding hydrogens is 281 g/mol. The Balaban J connectivity index is 3.33. The van der Waals surface area contributed by atoms with E-state index >= 15 is 0 Å². The Bertz CT molecular complexity index is 588. The maximum Gasteiger partial charge on any atom is 0.407 e. The van der Waals surface area contributed by atoms with Crippen molar-refractivity contribution in [1.29, 1.82) is 0 Å². The van der Waals surface area contributed by atoms with Crippen LogP contribution in [0, 0.1) is 6.57 Å². The normalized spacial score (nSPS) is 10.7. The molecule has 0 saturated carbocycles. The zero-order valence-corrected chi connectivity index (χ0v) is 10.5. The first-order valence-electron chi connectivity index (χ1n) is 4.92. The molecule has 1 aromatic rings. The summed E-state index contributed by atoms with van der Waals surface area (Å²) in [5.41, 5.74) is -1.86. The third-order valence-corrected chi connectivity index (χ3v) is 2.46. The number of anilines is 1. The molecule has 0 spiro atoms. The third kappa shape index (κ3) is 3.48. The van der Waals surface area contributed by atoms with Crippen LogP contribution >= 0.6 is 11.6 Å². The first-order chi connectivity index (χ1) is 8.66. The SMILES string of the molecule is [C-]#[N+]c1cc(Cl)c(NC(=O)C(=C)C)cc1C(F)(F)F. The quantitative estimate of drug-likeness (QED) is 0.634. The first-order valence-corrected chi connectivity index (χ1v) is 5.29. The van der Waals surface area contributed by atoms with Crippen LogP contribution in [0.1, 0.15) is 12.5 Å². The molecule has 1 rings (SSSR count). The van der Waals surface area contributed by atoms with Gasteiger partial charge in [0.2, 0.25) is 5.69 Å². The van der Waals surface area contributed by atoms with E-state index in [0.717, 1.165) is 6.07 Å². The topological polar surface area (TPSA) is 33.5 Å². The molecule has 0 unspecified atom stereocenters. The zero-order chi connectivity index (χ0) is 14.8. The highest BCUT2D eigenvalue weighted by atomic mass is 35.5. The second-order valence-corrected chi connectivity index (χ2v) is 4.10. The number of carbonyl (C=O) groups excluding carboxylic acids is 1. The fourth-order valence-corrected chi connectivity index (χ4v) is 1.41. The van der Waals surface area contributed by atoms with Crippen molar-refractivity contribution in [1.82, 2.24) is 0 Å². The Kier molecular flexibility index (Phi) is 4.22. The average molecular weight is 289 g/mol. The molecular formula is C12H8ClF3N2O. The lowest BCUT2D eigenvalue weighted by atomic mass is 10.1. The van der Waals surface area contributed by atoms with Gasteiger partial charge in [-0.15, -0.1) is 0 Å². The molecule has 0 atom stereocenters. The number of benzene rings is 1. The molecule has 19 heavy (non-hydrogen) atoms. The number of hydrogen-bond donors (Lipinski definition) is 1. The van der Waals surface area contributed by atoms with E-state index in [1.807, 2.05) is 0 Å². The van der Waals surface area contributed by atoms with Crippen molar-refractivity contribution in [2.45, 2.75) is 13.1 Å². The summed E-state index contributed by atoms with van der Waals surface area (Å²) in [4.78, 5) is 14.1. The van der Waals surface area contributed by atoms with Gasteiger partial charge < -0.3 is 5.32 Å². The van der Waals surface area contributed by atoms with Gasteiger partial charge in [-0.3, -0.25) is 4.79 Å². The Morgan fingerprint density at radius 3 is 2.47 bits per heavy atom. The minimum atomic E-state index is -4.70. The second-order valence-electron chi connectivity index (χ2n) is 3.69. The lowest BCUT2D eigenvalue weighted by molar-refractivity contribution is -0.136. The standard InChI is InChI=1S/C12H8ClF3N2O/c1-6(2)11(19)18-10-4-7(12(14,15)16)9(17-3)5-8(10)13/h4-5H,1H2,2H3,(H,18,19). The summed E-state index contributed by atoms with van der Waals surface area (Å²) in [7, 11) is 0. The van der Waals surface area contributed by atoms with Crippen LogP contribution in [0.15, 0.2) is 24.3 Å². The molecule has 7 heteroatoms. The predicted octanol–water partition coefficient (Wildman–Crippen LogP) is 4.42. The number of nitrogens with one attached hydrogen (secondary N) is 1. The third-order valence-electron chi connectivity index (χ3n) is 2.15. The number of halogens is 4. The van der Waals surface area contributed by atoms with Crippen molar-refractivity contribution >= 4 is 28.9 Å². The molecule has 0 heterocycles. The molecule has 0 aliphatic rings. The maximum atomic E-state index is 12.7. The fourth-order valence-electron chi connectivity index (χ4n) is 1.21. The van der Waals surface area contributed by atoms with Crippen molar-refractivity contribution in [2.75, 3.05) is 5.32 Å². The fraction of sp³-hybridized carbons (Fsp3) is 0.167. The van der Waals surface area contributed by atoms with Gasteiger partial charge >= 0.3 is 6.18 Å². The van der Waals surface area contributed by atoms with E-state index in [1.165, 1.54) is 6.92 Å². The van der Waals surface area contributed by atoms with Gasteiger partial charge in [-0.05, 0) is 19.1 Å². The largest absolute Gasteiger partial charge is 0.407 e. The maximum absolute atomic E-state index is 12.7. The molecule has 0 saturated heterocycles. The summed E-state index contributed by atoms with van der Waals surface area (Å²) in [5.74, 6) is -0.648. The highest BCUT2D eigenvalue weighted by molar-refractivity contribution is 6.34. The molecule has 0 radical (unpaired) electrons. The van der Waals surface area contributed by atoms with Gasteiger partial charge in [0.05, 0.1) is 22.8 Å². The van der Waals surface area contributed by atoms with Gasteiger partial charge in [-0.2, -0.15) is 13.2 Å². The van der Waals surface area contributed by atoms with Crippen LogP contribution in [-0.4, -0.2) is 5.91 Å². The Hall–Kier alpha value is -2.00. The van der Waals surface area contributed by atoms with Crippen molar-refractivity contribution in [2.24, 2.45) is 0 Å². The van der Waals surface area contributed by atoms with E-state index in [0.29, 0.717) is 6.07 Å². The molecule has 0 fully saturated rings. The molecule has 0 aliphatic carbocycles. The van der Waals surface area contributed by atoms with Crippen LogP contribution < -0.4 is 5.32 Å². The van der Waals surface area contributed by atoms with Gasteiger partial charge in [0.1, 0.15) is 0 Å². The van der Waals surface area contributed by atoms with E-state index in [1.54, 1.807) is 0 Å².